The second kappa shape index (κ2) is 6.52. The molecule has 0 aliphatic heterocycles. The van der Waals surface area contributed by atoms with Crippen LogP contribution in [-0.2, 0) is 12.8 Å². The van der Waals surface area contributed by atoms with Crippen LogP contribution in [0.25, 0.3) is 0 Å². The fraction of sp³-hybridized carbons (Fsp3) is 0.188. The minimum Gasteiger partial charge on any atom is -0.488 e. The van der Waals surface area contributed by atoms with Gasteiger partial charge in [-0.15, -0.1) is 0 Å². The number of benzene rings is 2. The van der Waals surface area contributed by atoms with E-state index in [2.05, 4.69) is 15.9 Å². The van der Waals surface area contributed by atoms with Gasteiger partial charge in [0.15, 0.2) is 5.78 Å². The van der Waals surface area contributed by atoms with Crippen LogP contribution in [0.2, 0.25) is 0 Å². The van der Waals surface area contributed by atoms with E-state index in [-0.39, 0.29) is 17.9 Å². The van der Waals surface area contributed by atoms with E-state index in [0.29, 0.717) is 4.47 Å². The zero-order chi connectivity index (χ0) is 16.3. The van der Waals surface area contributed by atoms with Crippen molar-refractivity contribution in [1.29, 1.82) is 0 Å². The number of carbonyl (C=O) groups excluding carboxylic acids is 1. The number of carbonyl (C=O) groups is 1. The molecular formula is C16H12BrF3O2. The third kappa shape index (κ3) is 3.88. The van der Waals surface area contributed by atoms with E-state index in [9.17, 15) is 18.0 Å². The van der Waals surface area contributed by atoms with E-state index in [4.69, 9.17) is 4.74 Å². The SMILES string of the molecule is CC(=O)c1cc(Br)c(OCc2ccccc2)cc1C(F)(F)F. The summed E-state index contributed by atoms with van der Waals surface area (Å²) in [6.07, 6.45) is -4.62. The molecule has 0 N–H and O–H groups in total. The van der Waals surface area contributed by atoms with Gasteiger partial charge in [0, 0.05) is 5.56 Å². The Morgan fingerprint density at radius 2 is 1.82 bits per heavy atom. The first-order chi connectivity index (χ1) is 10.3. The molecule has 0 saturated heterocycles. The Bertz CT molecular complexity index is 682. The second-order valence-electron chi connectivity index (χ2n) is 4.66. The summed E-state index contributed by atoms with van der Waals surface area (Å²) >= 11 is 3.15. The minimum atomic E-state index is -4.62. The average molecular weight is 373 g/mol. The lowest BCUT2D eigenvalue weighted by molar-refractivity contribution is -0.138. The Hall–Kier alpha value is -1.82. The molecule has 22 heavy (non-hydrogen) atoms. The Kier molecular flexibility index (Phi) is 4.90. The van der Waals surface area contributed by atoms with Crippen molar-refractivity contribution in [3.63, 3.8) is 0 Å². The Morgan fingerprint density at radius 3 is 2.36 bits per heavy atom. The summed E-state index contributed by atoms with van der Waals surface area (Å²) in [4.78, 5) is 11.4. The van der Waals surface area contributed by atoms with Gasteiger partial charge in [-0.3, -0.25) is 4.79 Å². The second-order valence-corrected chi connectivity index (χ2v) is 5.51. The van der Waals surface area contributed by atoms with Crippen molar-refractivity contribution in [3.8, 4) is 5.75 Å². The zero-order valence-electron chi connectivity index (χ0n) is 11.6. The summed E-state index contributed by atoms with van der Waals surface area (Å²) in [6.45, 7) is 1.23. The Morgan fingerprint density at radius 1 is 1.18 bits per heavy atom. The van der Waals surface area contributed by atoms with Crippen molar-refractivity contribution in [2.45, 2.75) is 19.7 Å². The number of hydrogen-bond acceptors (Lipinski definition) is 2. The van der Waals surface area contributed by atoms with Gasteiger partial charge in [-0.05, 0) is 40.5 Å². The van der Waals surface area contributed by atoms with E-state index in [1.165, 1.54) is 0 Å². The van der Waals surface area contributed by atoms with E-state index < -0.39 is 17.5 Å². The molecule has 0 aliphatic carbocycles. The molecule has 0 atom stereocenters. The van der Waals surface area contributed by atoms with Crippen LogP contribution in [0.5, 0.6) is 5.75 Å². The van der Waals surface area contributed by atoms with E-state index >= 15 is 0 Å². The molecule has 0 heterocycles. The quantitative estimate of drug-likeness (QED) is 0.685. The van der Waals surface area contributed by atoms with Gasteiger partial charge in [0.2, 0.25) is 0 Å². The molecule has 2 rings (SSSR count). The molecule has 2 nitrogen and oxygen atoms in total. The highest BCUT2D eigenvalue weighted by Gasteiger charge is 2.35. The van der Waals surface area contributed by atoms with Gasteiger partial charge in [-0.25, -0.2) is 0 Å². The van der Waals surface area contributed by atoms with Crippen LogP contribution in [-0.4, -0.2) is 5.78 Å². The largest absolute Gasteiger partial charge is 0.488 e. The standard InChI is InChI=1S/C16H12BrF3O2/c1-10(21)12-7-14(17)15(8-13(12)16(18,19)20)22-9-11-5-3-2-4-6-11/h2-8H,9H2,1H3. The Balaban J connectivity index is 2.34. The number of rotatable bonds is 4. The van der Waals surface area contributed by atoms with Crippen molar-refractivity contribution in [1.82, 2.24) is 0 Å². The van der Waals surface area contributed by atoms with Crippen molar-refractivity contribution in [2.75, 3.05) is 0 Å². The van der Waals surface area contributed by atoms with Gasteiger partial charge in [-0.2, -0.15) is 13.2 Å². The molecule has 0 aliphatic rings. The summed E-state index contributed by atoms with van der Waals surface area (Å²) in [7, 11) is 0. The number of ether oxygens (including phenoxy) is 1. The van der Waals surface area contributed by atoms with Crippen LogP contribution in [0.15, 0.2) is 46.9 Å². The molecule has 6 heteroatoms. The highest BCUT2D eigenvalue weighted by Crippen LogP contribution is 2.38. The fourth-order valence-electron chi connectivity index (χ4n) is 1.93. The van der Waals surface area contributed by atoms with E-state index in [1.54, 1.807) is 0 Å². The van der Waals surface area contributed by atoms with E-state index in [1.807, 2.05) is 30.3 Å². The molecule has 2 aromatic carbocycles. The van der Waals surface area contributed by atoms with Crippen molar-refractivity contribution >= 4 is 21.7 Å². The van der Waals surface area contributed by atoms with E-state index in [0.717, 1.165) is 24.6 Å². The van der Waals surface area contributed by atoms with Gasteiger partial charge in [0.05, 0.1) is 10.0 Å². The molecule has 0 spiro atoms. The molecular weight excluding hydrogens is 361 g/mol. The topological polar surface area (TPSA) is 26.3 Å². The van der Waals surface area contributed by atoms with Crippen LogP contribution in [0.3, 0.4) is 0 Å². The summed E-state index contributed by atoms with van der Waals surface area (Å²) < 4.78 is 44.9. The van der Waals surface area contributed by atoms with Crippen LogP contribution in [0, 0.1) is 0 Å². The number of ketones is 1. The van der Waals surface area contributed by atoms with Crippen molar-refractivity contribution in [3.05, 3.63) is 63.6 Å². The number of halogens is 4. The van der Waals surface area contributed by atoms with Gasteiger partial charge in [0.25, 0.3) is 0 Å². The normalized spacial score (nSPS) is 11.3. The summed E-state index contributed by atoms with van der Waals surface area (Å²) in [5.74, 6) is -0.608. The summed E-state index contributed by atoms with van der Waals surface area (Å²) in [6, 6.07) is 11.1. The smallest absolute Gasteiger partial charge is 0.417 e. The molecule has 0 aromatic heterocycles. The van der Waals surface area contributed by atoms with Crippen LogP contribution < -0.4 is 4.74 Å². The lowest BCUT2D eigenvalue weighted by Crippen LogP contribution is -2.12. The van der Waals surface area contributed by atoms with Crippen LogP contribution in [0.4, 0.5) is 13.2 Å². The maximum Gasteiger partial charge on any atom is 0.417 e. The predicted molar refractivity (Wildman–Crippen MR) is 79.9 cm³/mol. The fourth-order valence-corrected chi connectivity index (χ4v) is 2.38. The molecule has 116 valence electrons. The molecule has 0 fully saturated rings. The zero-order valence-corrected chi connectivity index (χ0v) is 13.2. The third-order valence-electron chi connectivity index (χ3n) is 2.99. The van der Waals surface area contributed by atoms with Gasteiger partial charge < -0.3 is 4.74 Å². The highest BCUT2D eigenvalue weighted by atomic mass is 79.9. The summed E-state index contributed by atoms with van der Waals surface area (Å²) in [5.41, 5.74) is -0.545. The van der Waals surface area contributed by atoms with Gasteiger partial charge in [-0.1, -0.05) is 30.3 Å². The maximum absolute atomic E-state index is 13.1. The lowest BCUT2D eigenvalue weighted by atomic mass is 10.0. The number of alkyl halides is 3. The molecule has 0 radical (unpaired) electrons. The predicted octanol–water partition coefficient (Wildman–Crippen LogP) is 5.25. The average Bonchev–Trinajstić information content (AvgIpc) is 2.45. The first-order valence-corrected chi connectivity index (χ1v) is 7.16. The summed E-state index contributed by atoms with van der Waals surface area (Å²) in [5, 5.41) is 0. The first kappa shape index (κ1) is 16.5. The van der Waals surface area contributed by atoms with Crippen molar-refractivity contribution < 1.29 is 22.7 Å². The Labute approximate surface area is 134 Å². The van der Waals surface area contributed by atoms with Crippen molar-refractivity contribution in [2.24, 2.45) is 0 Å². The van der Waals surface area contributed by atoms with Crippen LogP contribution >= 0.6 is 15.9 Å². The monoisotopic (exact) mass is 372 g/mol. The number of Topliss-reactive ketones (excluding diaryl/α,β-unsaturated/α-hetero) is 1. The van der Waals surface area contributed by atoms with Crippen LogP contribution in [0.1, 0.15) is 28.4 Å². The molecule has 0 bridgehead atoms. The lowest BCUT2D eigenvalue weighted by Gasteiger charge is -2.15. The number of hydrogen-bond donors (Lipinski definition) is 0. The molecule has 0 unspecified atom stereocenters. The molecule has 0 saturated carbocycles. The molecule has 0 amide bonds. The third-order valence-corrected chi connectivity index (χ3v) is 3.61. The van der Waals surface area contributed by atoms with Gasteiger partial charge in [0.1, 0.15) is 12.4 Å². The first-order valence-electron chi connectivity index (χ1n) is 6.37. The van der Waals surface area contributed by atoms with Gasteiger partial charge >= 0.3 is 6.18 Å². The minimum absolute atomic E-state index is 0.0428. The molecule has 2 aromatic rings. The highest BCUT2D eigenvalue weighted by molar-refractivity contribution is 9.10. The maximum atomic E-state index is 13.1.